The van der Waals surface area contributed by atoms with Crippen molar-refractivity contribution in [1.29, 1.82) is 0 Å². The number of rotatable bonds is 4. The van der Waals surface area contributed by atoms with Crippen LogP contribution in [0.1, 0.15) is 48.0 Å². The van der Waals surface area contributed by atoms with Crippen LogP contribution < -0.4 is 5.32 Å². The SMILES string of the molecule is Cl.O=C1c2ccc(-c3ccc(F)cc3)cc2CCN1CCC1CCCCCN1. The molecule has 0 bridgehead atoms. The molecule has 1 fully saturated rings. The lowest BCUT2D eigenvalue weighted by atomic mass is 9.94. The van der Waals surface area contributed by atoms with Crippen molar-refractivity contribution in [3.8, 4) is 11.1 Å². The van der Waals surface area contributed by atoms with E-state index in [9.17, 15) is 9.18 Å². The van der Waals surface area contributed by atoms with Crippen LogP contribution in [0.2, 0.25) is 0 Å². The van der Waals surface area contributed by atoms with Gasteiger partial charge in [-0.25, -0.2) is 4.39 Å². The number of carbonyl (C=O) groups excluding carboxylic acids is 1. The molecule has 28 heavy (non-hydrogen) atoms. The van der Waals surface area contributed by atoms with Crippen LogP contribution in [0, 0.1) is 5.82 Å². The quantitative estimate of drug-likeness (QED) is 0.793. The molecule has 2 aliphatic heterocycles. The summed E-state index contributed by atoms with van der Waals surface area (Å²) < 4.78 is 13.1. The Kier molecular flexibility index (Phi) is 7.08. The minimum absolute atomic E-state index is 0. The number of hydrogen-bond donors (Lipinski definition) is 1. The van der Waals surface area contributed by atoms with Gasteiger partial charge in [-0.1, -0.05) is 37.1 Å². The molecule has 1 amide bonds. The summed E-state index contributed by atoms with van der Waals surface area (Å²) in [4.78, 5) is 14.9. The normalized spacial score (nSPS) is 19.5. The van der Waals surface area contributed by atoms with Crippen molar-refractivity contribution < 1.29 is 9.18 Å². The van der Waals surface area contributed by atoms with Crippen LogP contribution in [-0.4, -0.2) is 36.5 Å². The molecule has 1 saturated heterocycles. The molecular weight excluding hydrogens is 375 g/mol. The fourth-order valence-electron chi connectivity index (χ4n) is 4.23. The lowest BCUT2D eigenvalue weighted by Gasteiger charge is -2.30. The van der Waals surface area contributed by atoms with Crippen molar-refractivity contribution in [3.63, 3.8) is 0 Å². The zero-order chi connectivity index (χ0) is 18.6. The maximum Gasteiger partial charge on any atom is 0.254 e. The summed E-state index contributed by atoms with van der Waals surface area (Å²) in [5, 5.41) is 3.62. The topological polar surface area (TPSA) is 32.3 Å². The van der Waals surface area contributed by atoms with Crippen LogP contribution in [0.4, 0.5) is 4.39 Å². The first-order valence-corrected chi connectivity index (χ1v) is 10.1. The highest BCUT2D eigenvalue weighted by Gasteiger charge is 2.25. The first-order chi connectivity index (χ1) is 13.2. The standard InChI is InChI=1S/C23H27FN2O.ClH/c24-20-8-5-17(6-9-20)18-7-10-22-19(16-18)11-14-26(23(22)27)15-12-21-4-2-1-3-13-25-21;/h5-10,16,21,25H,1-4,11-15H2;1H. The maximum atomic E-state index is 13.1. The molecule has 2 aromatic carbocycles. The number of halogens is 2. The Hall–Kier alpha value is -1.91. The second kappa shape index (κ2) is 9.53. The van der Waals surface area contributed by atoms with Gasteiger partial charge < -0.3 is 10.2 Å². The summed E-state index contributed by atoms with van der Waals surface area (Å²) in [5.41, 5.74) is 3.94. The van der Waals surface area contributed by atoms with Gasteiger partial charge in [0.05, 0.1) is 0 Å². The molecule has 3 nitrogen and oxygen atoms in total. The summed E-state index contributed by atoms with van der Waals surface area (Å²) >= 11 is 0. The molecule has 1 unspecified atom stereocenters. The number of nitrogens with zero attached hydrogens (tertiary/aromatic N) is 1. The van der Waals surface area contributed by atoms with E-state index < -0.39 is 0 Å². The highest BCUT2D eigenvalue weighted by atomic mass is 35.5. The van der Waals surface area contributed by atoms with E-state index in [2.05, 4.69) is 11.4 Å². The molecule has 0 spiro atoms. The molecule has 2 aromatic rings. The minimum atomic E-state index is -0.231. The smallest absolute Gasteiger partial charge is 0.254 e. The maximum absolute atomic E-state index is 13.1. The summed E-state index contributed by atoms with van der Waals surface area (Å²) in [7, 11) is 0. The van der Waals surface area contributed by atoms with Gasteiger partial charge in [0, 0.05) is 24.7 Å². The second-order valence-electron chi connectivity index (χ2n) is 7.71. The lowest BCUT2D eigenvalue weighted by Crippen LogP contribution is -2.41. The summed E-state index contributed by atoms with van der Waals surface area (Å²) in [6, 6.07) is 13.1. The predicted molar refractivity (Wildman–Crippen MR) is 114 cm³/mol. The number of fused-ring (bicyclic) bond motifs is 1. The molecular formula is C23H28ClFN2O. The van der Waals surface area contributed by atoms with Gasteiger partial charge in [0.15, 0.2) is 0 Å². The largest absolute Gasteiger partial charge is 0.338 e. The van der Waals surface area contributed by atoms with Gasteiger partial charge in [0.25, 0.3) is 5.91 Å². The van der Waals surface area contributed by atoms with Crippen molar-refractivity contribution in [3.05, 3.63) is 59.4 Å². The third-order valence-electron chi connectivity index (χ3n) is 5.86. The Morgan fingerprint density at radius 3 is 2.64 bits per heavy atom. The zero-order valence-corrected chi connectivity index (χ0v) is 16.9. The fourth-order valence-corrected chi connectivity index (χ4v) is 4.23. The Bertz CT molecular complexity index is 801. The van der Waals surface area contributed by atoms with E-state index in [1.165, 1.54) is 37.8 Å². The number of benzene rings is 2. The number of nitrogens with one attached hydrogen (secondary N) is 1. The van der Waals surface area contributed by atoms with Gasteiger partial charge in [-0.05, 0) is 67.1 Å². The van der Waals surface area contributed by atoms with E-state index >= 15 is 0 Å². The van der Waals surface area contributed by atoms with Crippen LogP contribution in [0.15, 0.2) is 42.5 Å². The van der Waals surface area contributed by atoms with Crippen LogP contribution in [0.5, 0.6) is 0 Å². The Morgan fingerprint density at radius 2 is 1.82 bits per heavy atom. The Labute approximate surface area is 172 Å². The van der Waals surface area contributed by atoms with Crippen molar-refractivity contribution in [1.82, 2.24) is 10.2 Å². The molecule has 0 aliphatic carbocycles. The molecule has 1 N–H and O–H groups in total. The van der Waals surface area contributed by atoms with Crippen molar-refractivity contribution >= 4 is 18.3 Å². The molecule has 2 heterocycles. The van der Waals surface area contributed by atoms with Crippen LogP contribution in [0.3, 0.4) is 0 Å². The van der Waals surface area contributed by atoms with Gasteiger partial charge in [-0.3, -0.25) is 4.79 Å². The first kappa shape index (κ1) is 20.8. The average Bonchev–Trinajstić information content (AvgIpc) is 2.97. The number of hydrogen-bond acceptors (Lipinski definition) is 2. The van der Waals surface area contributed by atoms with Gasteiger partial charge >= 0.3 is 0 Å². The third kappa shape index (κ3) is 4.73. The van der Waals surface area contributed by atoms with E-state index in [0.717, 1.165) is 54.7 Å². The number of amides is 1. The van der Waals surface area contributed by atoms with Crippen LogP contribution in [-0.2, 0) is 6.42 Å². The predicted octanol–water partition coefficient (Wildman–Crippen LogP) is 4.84. The molecule has 5 heteroatoms. The Morgan fingerprint density at radius 1 is 1.04 bits per heavy atom. The first-order valence-electron chi connectivity index (χ1n) is 10.1. The minimum Gasteiger partial charge on any atom is -0.338 e. The van der Waals surface area contributed by atoms with Gasteiger partial charge in [-0.2, -0.15) is 0 Å². The molecule has 4 rings (SSSR count). The van der Waals surface area contributed by atoms with E-state index in [4.69, 9.17) is 0 Å². The highest BCUT2D eigenvalue weighted by Crippen LogP contribution is 2.27. The van der Waals surface area contributed by atoms with Crippen molar-refractivity contribution in [2.75, 3.05) is 19.6 Å². The van der Waals surface area contributed by atoms with Gasteiger partial charge in [-0.15, -0.1) is 12.4 Å². The van der Waals surface area contributed by atoms with Gasteiger partial charge in [0.1, 0.15) is 5.82 Å². The zero-order valence-electron chi connectivity index (χ0n) is 16.1. The Balaban J connectivity index is 0.00000225. The van der Waals surface area contributed by atoms with Crippen LogP contribution >= 0.6 is 12.4 Å². The fraction of sp³-hybridized carbons (Fsp3) is 0.435. The third-order valence-corrected chi connectivity index (χ3v) is 5.86. The van der Waals surface area contributed by atoms with E-state index in [0.29, 0.717) is 6.04 Å². The number of carbonyl (C=O) groups is 1. The molecule has 0 radical (unpaired) electrons. The lowest BCUT2D eigenvalue weighted by molar-refractivity contribution is 0.0732. The summed E-state index contributed by atoms with van der Waals surface area (Å²) in [6.45, 7) is 2.72. The molecule has 0 saturated carbocycles. The van der Waals surface area contributed by atoms with Crippen LogP contribution in [0.25, 0.3) is 11.1 Å². The van der Waals surface area contributed by atoms with Crippen molar-refractivity contribution in [2.45, 2.75) is 44.6 Å². The summed E-state index contributed by atoms with van der Waals surface area (Å²) in [6.07, 6.45) is 7.02. The molecule has 2 aliphatic rings. The van der Waals surface area contributed by atoms with E-state index in [1.807, 2.05) is 17.0 Å². The van der Waals surface area contributed by atoms with E-state index in [1.54, 1.807) is 12.1 Å². The molecule has 1 atom stereocenters. The highest BCUT2D eigenvalue weighted by molar-refractivity contribution is 5.97. The monoisotopic (exact) mass is 402 g/mol. The van der Waals surface area contributed by atoms with Gasteiger partial charge in [0.2, 0.25) is 0 Å². The van der Waals surface area contributed by atoms with E-state index in [-0.39, 0.29) is 24.1 Å². The van der Waals surface area contributed by atoms with Crippen molar-refractivity contribution in [2.24, 2.45) is 0 Å². The molecule has 150 valence electrons. The summed E-state index contributed by atoms with van der Waals surface area (Å²) in [5.74, 6) is -0.0822. The average molecular weight is 403 g/mol. The second-order valence-corrected chi connectivity index (χ2v) is 7.71. The molecule has 0 aromatic heterocycles.